The van der Waals surface area contributed by atoms with E-state index in [0.29, 0.717) is 13.2 Å². The van der Waals surface area contributed by atoms with Gasteiger partial charge in [0.05, 0.1) is 39.4 Å². The first-order valence-electron chi connectivity index (χ1n) is 10.8. The highest BCUT2D eigenvalue weighted by atomic mass is 16.5. The largest absolute Gasteiger partial charge is 0.485 e. The van der Waals surface area contributed by atoms with Gasteiger partial charge >= 0.3 is 0 Å². The van der Waals surface area contributed by atoms with Crippen LogP contribution >= 0.6 is 0 Å². The van der Waals surface area contributed by atoms with Crippen LogP contribution in [0, 0.1) is 0 Å². The second-order valence-electron chi connectivity index (χ2n) is 7.91. The van der Waals surface area contributed by atoms with E-state index in [2.05, 4.69) is 41.4 Å². The first-order valence-corrected chi connectivity index (χ1v) is 10.8. The molecular weight excluding hydrogens is 386 g/mol. The smallest absolute Gasteiger partial charge is 0.162 e. The molecule has 0 unspecified atom stereocenters. The lowest BCUT2D eigenvalue weighted by Gasteiger charge is -2.27. The van der Waals surface area contributed by atoms with Crippen LogP contribution in [-0.4, -0.2) is 44.5 Å². The maximum absolute atomic E-state index is 6.15. The van der Waals surface area contributed by atoms with Crippen LogP contribution in [-0.2, 0) is 13.2 Å². The molecule has 0 spiro atoms. The summed E-state index contributed by atoms with van der Waals surface area (Å²) < 4.78 is 12.2. The van der Waals surface area contributed by atoms with Gasteiger partial charge < -0.3 is 14.4 Å². The maximum atomic E-state index is 6.15. The van der Waals surface area contributed by atoms with Crippen molar-refractivity contribution in [1.82, 2.24) is 5.01 Å². The molecular formula is C26H30N3O2+. The number of benzene rings is 3. The molecule has 31 heavy (non-hydrogen) atoms. The predicted octanol–water partition coefficient (Wildman–Crippen LogP) is 3.01. The van der Waals surface area contributed by atoms with E-state index in [9.17, 15) is 0 Å². The first kappa shape index (κ1) is 20.9. The number of piperazine rings is 1. The molecule has 0 aliphatic carbocycles. The molecule has 0 saturated carbocycles. The quantitative estimate of drug-likeness (QED) is 0.574. The number of quaternary nitrogens is 1. The third-order valence-corrected chi connectivity index (χ3v) is 5.41. The van der Waals surface area contributed by atoms with Crippen LogP contribution in [0.1, 0.15) is 16.7 Å². The van der Waals surface area contributed by atoms with E-state index in [0.717, 1.165) is 54.4 Å². The zero-order valence-corrected chi connectivity index (χ0v) is 18.0. The predicted molar refractivity (Wildman–Crippen MR) is 124 cm³/mol. The van der Waals surface area contributed by atoms with Gasteiger partial charge in [0.2, 0.25) is 0 Å². The Balaban J connectivity index is 1.47. The van der Waals surface area contributed by atoms with Crippen LogP contribution in [0.2, 0.25) is 0 Å². The van der Waals surface area contributed by atoms with E-state index < -0.39 is 0 Å². The van der Waals surface area contributed by atoms with Gasteiger partial charge in [-0.15, -0.1) is 0 Å². The van der Waals surface area contributed by atoms with Crippen molar-refractivity contribution in [2.75, 3.05) is 33.2 Å². The highest BCUT2D eigenvalue weighted by Gasteiger charge is 2.14. The van der Waals surface area contributed by atoms with Crippen molar-refractivity contribution >= 4 is 6.21 Å². The van der Waals surface area contributed by atoms with Crippen molar-refractivity contribution in [3.05, 3.63) is 95.6 Å². The van der Waals surface area contributed by atoms with Crippen molar-refractivity contribution in [3.8, 4) is 11.5 Å². The Morgan fingerprint density at radius 2 is 1.39 bits per heavy atom. The van der Waals surface area contributed by atoms with Crippen LogP contribution in [0.25, 0.3) is 0 Å². The lowest BCUT2D eigenvalue weighted by Crippen LogP contribution is -3.11. The SMILES string of the molecule is C[NH+]1CCN(/N=C\c2ccc(OCc3ccccc3)c(OCc3ccccc3)c2)CC1. The number of hydrogen-bond acceptors (Lipinski definition) is 4. The van der Waals surface area contributed by atoms with Gasteiger partial charge in [0.1, 0.15) is 13.2 Å². The zero-order valence-electron chi connectivity index (χ0n) is 18.0. The molecule has 4 rings (SSSR count). The van der Waals surface area contributed by atoms with E-state index >= 15 is 0 Å². The van der Waals surface area contributed by atoms with Crippen molar-refractivity contribution in [3.63, 3.8) is 0 Å². The molecule has 1 aliphatic rings. The summed E-state index contributed by atoms with van der Waals surface area (Å²) in [5, 5.41) is 6.81. The Labute approximate surface area is 184 Å². The summed E-state index contributed by atoms with van der Waals surface area (Å²) >= 11 is 0. The number of rotatable bonds is 8. The fourth-order valence-corrected chi connectivity index (χ4v) is 3.45. The first-order chi connectivity index (χ1) is 15.3. The Bertz CT molecular complexity index is 968. The number of hydrogen-bond donors (Lipinski definition) is 1. The second kappa shape index (κ2) is 10.6. The van der Waals surface area contributed by atoms with Crippen molar-refractivity contribution in [2.45, 2.75) is 13.2 Å². The topological polar surface area (TPSA) is 38.5 Å². The minimum absolute atomic E-state index is 0.490. The summed E-state index contributed by atoms with van der Waals surface area (Å²) in [7, 11) is 2.23. The van der Waals surface area contributed by atoms with Crippen LogP contribution in [0.15, 0.2) is 84.0 Å². The third kappa shape index (κ3) is 6.33. The fourth-order valence-electron chi connectivity index (χ4n) is 3.45. The molecule has 160 valence electrons. The summed E-state index contributed by atoms with van der Waals surface area (Å²) in [5.41, 5.74) is 3.25. The molecule has 0 radical (unpaired) electrons. The lowest BCUT2D eigenvalue weighted by molar-refractivity contribution is -0.884. The fraction of sp³-hybridized carbons (Fsp3) is 0.269. The maximum Gasteiger partial charge on any atom is 0.162 e. The molecule has 0 amide bonds. The molecule has 0 bridgehead atoms. The van der Waals surface area contributed by atoms with Crippen LogP contribution in [0.4, 0.5) is 0 Å². The van der Waals surface area contributed by atoms with E-state index in [1.807, 2.05) is 60.8 Å². The summed E-state index contributed by atoms with van der Waals surface area (Å²) in [6, 6.07) is 26.3. The number of nitrogens with one attached hydrogen (secondary N) is 1. The summed E-state index contributed by atoms with van der Waals surface area (Å²) in [4.78, 5) is 1.56. The molecule has 1 aliphatic heterocycles. The van der Waals surface area contributed by atoms with Gasteiger partial charge in [0, 0.05) is 0 Å². The molecule has 5 heteroatoms. The monoisotopic (exact) mass is 416 g/mol. The number of likely N-dealkylation sites (N-methyl/N-ethyl adjacent to an activating group) is 1. The Morgan fingerprint density at radius 1 is 0.806 bits per heavy atom. The Morgan fingerprint density at radius 3 is 2.00 bits per heavy atom. The average molecular weight is 417 g/mol. The van der Waals surface area contributed by atoms with Gasteiger partial charge in [-0.1, -0.05) is 60.7 Å². The van der Waals surface area contributed by atoms with Crippen LogP contribution in [0.3, 0.4) is 0 Å². The number of hydrazone groups is 1. The minimum Gasteiger partial charge on any atom is -0.485 e. The van der Waals surface area contributed by atoms with E-state index in [1.165, 1.54) is 0 Å². The zero-order chi connectivity index (χ0) is 21.3. The molecule has 0 aromatic heterocycles. The molecule has 5 nitrogen and oxygen atoms in total. The average Bonchev–Trinajstić information content (AvgIpc) is 2.83. The highest BCUT2D eigenvalue weighted by Crippen LogP contribution is 2.29. The summed E-state index contributed by atoms with van der Waals surface area (Å²) in [6.45, 7) is 5.20. The molecule has 3 aromatic rings. The Kier molecular flexibility index (Phi) is 7.19. The van der Waals surface area contributed by atoms with Crippen molar-refractivity contribution < 1.29 is 14.4 Å². The van der Waals surface area contributed by atoms with Crippen LogP contribution in [0.5, 0.6) is 11.5 Å². The molecule has 1 saturated heterocycles. The summed E-state index contributed by atoms with van der Waals surface area (Å²) in [5.74, 6) is 1.46. The molecule has 1 heterocycles. The van der Waals surface area contributed by atoms with Crippen LogP contribution < -0.4 is 14.4 Å². The third-order valence-electron chi connectivity index (χ3n) is 5.41. The molecule has 1 fully saturated rings. The van der Waals surface area contributed by atoms with Gasteiger partial charge in [0.25, 0.3) is 0 Å². The second-order valence-corrected chi connectivity index (χ2v) is 7.91. The standard InChI is InChI=1S/C26H29N3O2/c1-28-14-16-29(17-15-28)27-19-24-12-13-25(30-20-22-8-4-2-5-9-22)26(18-24)31-21-23-10-6-3-7-11-23/h2-13,18-19H,14-17,20-21H2,1H3/p+1/b27-19-. The normalized spacial score (nSPS) is 14.7. The van der Waals surface area contributed by atoms with Crippen molar-refractivity contribution in [1.29, 1.82) is 0 Å². The number of ether oxygens (including phenoxy) is 2. The number of nitrogens with zero attached hydrogens (tertiary/aromatic N) is 2. The van der Waals surface area contributed by atoms with Crippen molar-refractivity contribution in [2.24, 2.45) is 5.10 Å². The highest BCUT2D eigenvalue weighted by molar-refractivity contribution is 5.80. The van der Waals surface area contributed by atoms with Gasteiger partial charge in [0.15, 0.2) is 11.5 Å². The van der Waals surface area contributed by atoms with Gasteiger partial charge in [-0.05, 0) is 34.9 Å². The lowest BCUT2D eigenvalue weighted by atomic mass is 10.2. The van der Waals surface area contributed by atoms with Gasteiger partial charge in [-0.25, -0.2) is 0 Å². The minimum atomic E-state index is 0.490. The molecule has 1 N–H and O–H groups in total. The molecule has 3 aromatic carbocycles. The summed E-state index contributed by atoms with van der Waals surface area (Å²) in [6.07, 6.45) is 1.91. The van der Waals surface area contributed by atoms with E-state index in [-0.39, 0.29) is 0 Å². The Hall–Kier alpha value is -3.31. The van der Waals surface area contributed by atoms with Gasteiger partial charge in [-0.2, -0.15) is 5.10 Å². The van der Waals surface area contributed by atoms with Gasteiger partial charge in [-0.3, -0.25) is 5.01 Å². The van der Waals surface area contributed by atoms with E-state index in [1.54, 1.807) is 4.90 Å². The molecule has 0 atom stereocenters. The van der Waals surface area contributed by atoms with E-state index in [4.69, 9.17) is 9.47 Å².